The summed E-state index contributed by atoms with van der Waals surface area (Å²) >= 11 is 0. The van der Waals surface area contributed by atoms with Crippen molar-refractivity contribution in [3.63, 3.8) is 0 Å². The Morgan fingerprint density at radius 2 is 1.57 bits per heavy atom. The zero-order valence-electron chi connectivity index (χ0n) is 13.5. The summed E-state index contributed by atoms with van der Waals surface area (Å²) in [6.45, 7) is 3.66. The number of carboxylic acid groups (broad SMARTS) is 3. The molecule has 2 unspecified atom stereocenters. The first-order valence-electron chi connectivity index (χ1n) is 6.92. The Morgan fingerprint density at radius 1 is 1.04 bits per heavy atom. The maximum absolute atomic E-state index is 12.1. The van der Waals surface area contributed by atoms with Crippen LogP contribution in [0.15, 0.2) is 0 Å². The lowest BCUT2D eigenvalue weighted by atomic mass is 9.67. The number of methoxy groups -OCH3 is 1. The van der Waals surface area contributed by atoms with Gasteiger partial charge in [-0.3, -0.25) is 14.4 Å². The maximum atomic E-state index is 12.1. The molecule has 0 aliphatic carbocycles. The van der Waals surface area contributed by atoms with Crippen LogP contribution in [0.3, 0.4) is 0 Å². The van der Waals surface area contributed by atoms with E-state index in [4.69, 9.17) is 9.47 Å². The number of esters is 1. The fraction of sp³-hybridized carbons (Fsp3) is 0.714. The van der Waals surface area contributed by atoms with Crippen molar-refractivity contribution in [2.24, 2.45) is 11.3 Å². The molecular formula is C14H22O9. The number of ether oxygens (including phenoxy) is 2. The number of aliphatic carboxylic acids is 3. The molecule has 0 aromatic carbocycles. The Balaban J connectivity index is 6.09. The molecule has 3 N–H and O–H groups in total. The molecule has 0 bridgehead atoms. The van der Waals surface area contributed by atoms with Crippen molar-refractivity contribution in [3.05, 3.63) is 0 Å². The molecule has 0 aliphatic rings. The summed E-state index contributed by atoms with van der Waals surface area (Å²) in [4.78, 5) is 46.8. The quantitative estimate of drug-likeness (QED) is 0.297. The summed E-state index contributed by atoms with van der Waals surface area (Å²) in [6.07, 6.45) is 1.12. The smallest absolute Gasteiger partial charge is 0.338 e. The molecule has 0 aromatic rings. The first-order chi connectivity index (χ1) is 10.5. The SMILES string of the molecule is CCCCOC(=O)C(C(=O)O)C(OC)(C(=O)O)C(C)(C)C(=O)O. The number of carbonyl (C=O) groups is 4. The molecule has 0 rings (SSSR count). The van der Waals surface area contributed by atoms with Crippen molar-refractivity contribution < 1.29 is 44.0 Å². The molecule has 0 radical (unpaired) electrons. The fourth-order valence-electron chi connectivity index (χ4n) is 2.21. The van der Waals surface area contributed by atoms with E-state index in [0.29, 0.717) is 12.8 Å². The van der Waals surface area contributed by atoms with Gasteiger partial charge < -0.3 is 24.8 Å². The zero-order chi connectivity index (χ0) is 18.4. The van der Waals surface area contributed by atoms with Gasteiger partial charge in [0.05, 0.1) is 6.61 Å². The Kier molecular flexibility index (Phi) is 7.17. The largest absolute Gasteiger partial charge is 0.481 e. The molecule has 0 fully saturated rings. The number of rotatable bonds is 10. The first kappa shape index (κ1) is 20.8. The van der Waals surface area contributed by atoms with E-state index in [-0.39, 0.29) is 6.61 Å². The van der Waals surface area contributed by atoms with Crippen molar-refractivity contribution in [1.29, 1.82) is 0 Å². The van der Waals surface area contributed by atoms with Crippen molar-refractivity contribution >= 4 is 23.9 Å². The molecule has 0 saturated heterocycles. The van der Waals surface area contributed by atoms with Gasteiger partial charge in [-0.2, -0.15) is 0 Å². The lowest BCUT2D eigenvalue weighted by Crippen LogP contribution is -2.65. The molecule has 132 valence electrons. The summed E-state index contributed by atoms with van der Waals surface area (Å²) < 4.78 is 9.60. The van der Waals surface area contributed by atoms with Gasteiger partial charge in [0.15, 0.2) is 5.92 Å². The average molecular weight is 334 g/mol. The van der Waals surface area contributed by atoms with Gasteiger partial charge in [-0.05, 0) is 20.3 Å². The lowest BCUT2D eigenvalue weighted by molar-refractivity contribution is -0.211. The fourth-order valence-corrected chi connectivity index (χ4v) is 2.21. The van der Waals surface area contributed by atoms with E-state index < -0.39 is 40.8 Å². The van der Waals surface area contributed by atoms with Gasteiger partial charge in [0.25, 0.3) is 0 Å². The lowest BCUT2D eigenvalue weighted by Gasteiger charge is -2.41. The molecule has 2 atom stereocenters. The highest BCUT2D eigenvalue weighted by Gasteiger charge is 2.66. The van der Waals surface area contributed by atoms with E-state index in [1.54, 1.807) is 0 Å². The van der Waals surface area contributed by atoms with Crippen LogP contribution in [0.1, 0.15) is 33.6 Å². The third kappa shape index (κ3) is 3.79. The predicted molar refractivity (Wildman–Crippen MR) is 75.8 cm³/mol. The minimum atomic E-state index is -2.84. The molecular weight excluding hydrogens is 312 g/mol. The van der Waals surface area contributed by atoms with Crippen molar-refractivity contribution in [2.75, 3.05) is 13.7 Å². The maximum Gasteiger partial charge on any atom is 0.338 e. The highest BCUT2D eigenvalue weighted by Crippen LogP contribution is 2.41. The molecule has 9 heteroatoms. The molecule has 0 heterocycles. The molecule has 0 spiro atoms. The van der Waals surface area contributed by atoms with E-state index in [2.05, 4.69) is 0 Å². The molecule has 0 aliphatic heterocycles. The van der Waals surface area contributed by atoms with Gasteiger partial charge in [-0.15, -0.1) is 0 Å². The Morgan fingerprint density at radius 3 is 1.87 bits per heavy atom. The van der Waals surface area contributed by atoms with Crippen LogP contribution in [0.5, 0.6) is 0 Å². The number of unbranched alkanes of at least 4 members (excludes halogenated alkanes) is 1. The highest BCUT2D eigenvalue weighted by atomic mass is 16.6. The Bertz CT molecular complexity index is 483. The van der Waals surface area contributed by atoms with Crippen LogP contribution < -0.4 is 0 Å². The molecule has 0 saturated carbocycles. The number of hydrogen-bond acceptors (Lipinski definition) is 6. The van der Waals surface area contributed by atoms with Crippen molar-refractivity contribution in [1.82, 2.24) is 0 Å². The van der Waals surface area contributed by atoms with E-state index >= 15 is 0 Å². The molecule has 9 nitrogen and oxygen atoms in total. The second-order valence-electron chi connectivity index (χ2n) is 5.47. The summed E-state index contributed by atoms with van der Waals surface area (Å²) in [5, 5.41) is 28.1. The topological polar surface area (TPSA) is 147 Å². The molecule has 0 aromatic heterocycles. The highest BCUT2D eigenvalue weighted by molar-refractivity contribution is 6.04. The van der Waals surface area contributed by atoms with Gasteiger partial charge in [0, 0.05) is 7.11 Å². The van der Waals surface area contributed by atoms with Crippen LogP contribution in [0.4, 0.5) is 0 Å². The van der Waals surface area contributed by atoms with E-state index in [1.165, 1.54) is 0 Å². The van der Waals surface area contributed by atoms with E-state index in [1.807, 2.05) is 6.92 Å². The Labute approximate surface area is 133 Å². The second kappa shape index (κ2) is 7.91. The summed E-state index contributed by atoms with van der Waals surface area (Å²) in [6, 6.07) is 0. The van der Waals surface area contributed by atoms with Crippen LogP contribution in [0.25, 0.3) is 0 Å². The van der Waals surface area contributed by atoms with Crippen molar-refractivity contribution in [2.45, 2.75) is 39.2 Å². The first-order valence-corrected chi connectivity index (χ1v) is 6.92. The second-order valence-corrected chi connectivity index (χ2v) is 5.47. The zero-order valence-corrected chi connectivity index (χ0v) is 13.5. The number of carbonyl (C=O) groups excluding carboxylic acids is 1. The normalized spacial score (nSPS) is 15.3. The minimum absolute atomic E-state index is 0.105. The van der Waals surface area contributed by atoms with E-state index in [0.717, 1.165) is 21.0 Å². The van der Waals surface area contributed by atoms with Crippen LogP contribution in [0.2, 0.25) is 0 Å². The van der Waals surface area contributed by atoms with Gasteiger partial charge >= 0.3 is 23.9 Å². The van der Waals surface area contributed by atoms with Gasteiger partial charge in [0.1, 0.15) is 5.41 Å². The number of carboxylic acids is 3. The number of hydrogen-bond donors (Lipinski definition) is 3. The average Bonchev–Trinajstić information content (AvgIpc) is 2.43. The van der Waals surface area contributed by atoms with Gasteiger partial charge in [-0.25, -0.2) is 4.79 Å². The monoisotopic (exact) mass is 334 g/mol. The van der Waals surface area contributed by atoms with Crippen LogP contribution in [-0.2, 0) is 28.7 Å². The molecule has 0 amide bonds. The van der Waals surface area contributed by atoms with Gasteiger partial charge in [-0.1, -0.05) is 13.3 Å². The van der Waals surface area contributed by atoms with Crippen LogP contribution in [0, 0.1) is 11.3 Å². The van der Waals surface area contributed by atoms with Crippen LogP contribution >= 0.6 is 0 Å². The predicted octanol–water partition coefficient (Wildman–Crippen LogP) is 0.611. The standard InChI is InChI=1S/C14H22O9/c1-5-6-7-23-10(17)8(9(15)16)14(22-4,12(20)21)13(2,3)11(18)19/h8H,5-7H2,1-4H3,(H,15,16)(H,18,19)(H,20,21). The summed E-state index contributed by atoms with van der Waals surface area (Å²) in [7, 11) is 0.841. The third-order valence-electron chi connectivity index (χ3n) is 3.73. The van der Waals surface area contributed by atoms with E-state index in [9.17, 15) is 34.5 Å². The van der Waals surface area contributed by atoms with Crippen LogP contribution in [-0.4, -0.2) is 58.5 Å². The molecule has 23 heavy (non-hydrogen) atoms. The van der Waals surface area contributed by atoms with Gasteiger partial charge in [0.2, 0.25) is 5.60 Å². The van der Waals surface area contributed by atoms with Crippen molar-refractivity contribution in [3.8, 4) is 0 Å². The summed E-state index contributed by atoms with van der Waals surface area (Å²) in [5.74, 6) is -9.05. The minimum Gasteiger partial charge on any atom is -0.481 e. The third-order valence-corrected chi connectivity index (χ3v) is 3.73. The summed E-state index contributed by atoms with van der Waals surface area (Å²) in [5.41, 5.74) is -5.06. The Hall–Kier alpha value is -2.16.